The van der Waals surface area contributed by atoms with E-state index < -0.39 is 12.2 Å². The van der Waals surface area contributed by atoms with Crippen molar-refractivity contribution < 1.29 is 19.7 Å². The molecule has 0 saturated carbocycles. The number of ether oxygens (including phenoxy) is 1. The van der Waals surface area contributed by atoms with Crippen LogP contribution in [-0.4, -0.2) is 58.5 Å². The topological polar surface area (TPSA) is 70.0 Å². The van der Waals surface area contributed by atoms with Crippen molar-refractivity contribution in [2.75, 3.05) is 13.1 Å². The smallest absolute Gasteiger partial charge is 0.228 e. The first-order valence-corrected chi connectivity index (χ1v) is 6.22. The Labute approximate surface area is 101 Å². The summed E-state index contributed by atoms with van der Waals surface area (Å²) >= 11 is 0. The molecule has 5 nitrogen and oxygen atoms in total. The van der Waals surface area contributed by atoms with E-state index in [-0.39, 0.29) is 43.0 Å². The Bertz CT molecular complexity index is 299. The molecule has 0 aromatic carbocycles. The van der Waals surface area contributed by atoms with Gasteiger partial charge in [-0.1, -0.05) is 6.92 Å². The van der Waals surface area contributed by atoms with Crippen LogP contribution in [0.5, 0.6) is 0 Å². The third-order valence-corrected chi connectivity index (χ3v) is 4.10. The number of carbonyl (C=O) groups excluding carboxylic acids is 1. The van der Waals surface area contributed by atoms with Crippen LogP contribution in [0.25, 0.3) is 0 Å². The molecular weight excluding hydrogens is 222 g/mol. The molecule has 6 atom stereocenters. The van der Waals surface area contributed by atoms with Crippen LogP contribution in [0.15, 0.2) is 0 Å². The van der Waals surface area contributed by atoms with Gasteiger partial charge in [0.15, 0.2) is 0 Å². The Morgan fingerprint density at radius 2 is 1.65 bits per heavy atom. The zero-order valence-electron chi connectivity index (χ0n) is 10.5. The fraction of sp³-hybridized carbons (Fsp3) is 0.917. The van der Waals surface area contributed by atoms with Crippen molar-refractivity contribution in [3.05, 3.63) is 0 Å². The van der Waals surface area contributed by atoms with Gasteiger partial charge in [-0.05, 0) is 19.8 Å². The first-order chi connectivity index (χ1) is 7.91. The number of β-amino-alcohol motifs (C(OH)–C–C–N with tert-alkyl or cyclic N) is 2. The van der Waals surface area contributed by atoms with Crippen molar-refractivity contribution in [1.29, 1.82) is 0 Å². The summed E-state index contributed by atoms with van der Waals surface area (Å²) in [6.45, 7) is 6.35. The highest BCUT2D eigenvalue weighted by molar-refractivity contribution is 5.80. The maximum Gasteiger partial charge on any atom is 0.228 e. The lowest BCUT2D eigenvalue weighted by molar-refractivity contribution is -0.137. The Morgan fingerprint density at radius 1 is 1.12 bits per heavy atom. The molecule has 2 N–H and O–H groups in total. The van der Waals surface area contributed by atoms with Crippen LogP contribution in [0.2, 0.25) is 0 Å². The van der Waals surface area contributed by atoms with E-state index >= 15 is 0 Å². The summed E-state index contributed by atoms with van der Waals surface area (Å²) in [5, 5.41) is 18.9. The maximum atomic E-state index is 12.3. The SMILES string of the molecule is CC1OC(C)C(C(=O)N2C[C@@H](O)[C@@H](O)C2)C1C. The average Bonchev–Trinajstić information content (AvgIpc) is 2.70. The predicted molar refractivity (Wildman–Crippen MR) is 61.3 cm³/mol. The summed E-state index contributed by atoms with van der Waals surface area (Å²) in [6, 6.07) is 0. The molecule has 5 heteroatoms. The molecule has 2 fully saturated rings. The van der Waals surface area contributed by atoms with E-state index in [2.05, 4.69) is 0 Å². The molecule has 0 aromatic rings. The largest absolute Gasteiger partial charge is 0.388 e. The monoisotopic (exact) mass is 243 g/mol. The lowest BCUT2D eigenvalue weighted by Crippen LogP contribution is -2.40. The summed E-state index contributed by atoms with van der Waals surface area (Å²) in [5.41, 5.74) is 0. The van der Waals surface area contributed by atoms with Gasteiger partial charge in [0.05, 0.1) is 30.3 Å². The van der Waals surface area contributed by atoms with Gasteiger partial charge in [-0.25, -0.2) is 0 Å². The van der Waals surface area contributed by atoms with Crippen molar-refractivity contribution in [2.45, 2.75) is 45.2 Å². The summed E-state index contributed by atoms with van der Waals surface area (Å²) in [4.78, 5) is 13.9. The van der Waals surface area contributed by atoms with Crippen LogP contribution in [0.3, 0.4) is 0 Å². The Balaban J connectivity index is 2.05. The van der Waals surface area contributed by atoms with Gasteiger partial charge < -0.3 is 19.8 Å². The van der Waals surface area contributed by atoms with E-state index in [0.29, 0.717) is 0 Å². The van der Waals surface area contributed by atoms with Crippen LogP contribution in [-0.2, 0) is 9.53 Å². The molecular formula is C12H21NO4. The van der Waals surface area contributed by atoms with Crippen LogP contribution in [0.4, 0.5) is 0 Å². The number of rotatable bonds is 1. The van der Waals surface area contributed by atoms with Gasteiger partial charge in [-0.2, -0.15) is 0 Å². The zero-order chi connectivity index (χ0) is 12.7. The van der Waals surface area contributed by atoms with Gasteiger partial charge in [0, 0.05) is 13.1 Å². The third kappa shape index (κ3) is 2.19. The molecule has 0 aromatic heterocycles. The molecule has 98 valence electrons. The summed E-state index contributed by atoms with van der Waals surface area (Å²) in [6.07, 6.45) is -1.65. The third-order valence-electron chi connectivity index (χ3n) is 4.10. The molecule has 0 aliphatic carbocycles. The molecule has 0 bridgehead atoms. The van der Waals surface area contributed by atoms with Crippen molar-refractivity contribution in [3.8, 4) is 0 Å². The van der Waals surface area contributed by atoms with E-state index in [0.717, 1.165) is 0 Å². The average molecular weight is 243 g/mol. The van der Waals surface area contributed by atoms with Crippen LogP contribution < -0.4 is 0 Å². The molecule has 17 heavy (non-hydrogen) atoms. The highest BCUT2D eigenvalue weighted by Crippen LogP contribution is 2.34. The van der Waals surface area contributed by atoms with Gasteiger partial charge in [-0.3, -0.25) is 4.79 Å². The second-order valence-electron chi connectivity index (χ2n) is 5.31. The molecule has 2 aliphatic rings. The number of likely N-dealkylation sites (tertiary alicyclic amines) is 1. The van der Waals surface area contributed by atoms with Crippen molar-refractivity contribution in [3.63, 3.8) is 0 Å². The molecule has 4 unspecified atom stereocenters. The van der Waals surface area contributed by atoms with Gasteiger partial charge >= 0.3 is 0 Å². The minimum Gasteiger partial charge on any atom is -0.388 e. The van der Waals surface area contributed by atoms with E-state index in [1.165, 1.54) is 0 Å². The number of carbonyl (C=O) groups is 1. The fourth-order valence-electron chi connectivity index (χ4n) is 2.85. The van der Waals surface area contributed by atoms with Crippen LogP contribution in [0, 0.1) is 11.8 Å². The summed E-state index contributed by atoms with van der Waals surface area (Å²) in [5.74, 6) is -0.000152. The summed E-state index contributed by atoms with van der Waals surface area (Å²) in [7, 11) is 0. The van der Waals surface area contributed by atoms with Gasteiger partial charge in [-0.15, -0.1) is 0 Å². The molecule has 2 rings (SSSR count). The lowest BCUT2D eigenvalue weighted by Gasteiger charge is -2.24. The van der Waals surface area contributed by atoms with Gasteiger partial charge in [0.25, 0.3) is 0 Å². The van der Waals surface area contributed by atoms with Gasteiger partial charge in [0.1, 0.15) is 0 Å². The van der Waals surface area contributed by atoms with E-state index in [9.17, 15) is 15.0 Å². The highest BCUT2D eigenvalue weighted by Gasteiger charge is 2.45. The molecule has 1 amide bonds. The number of aliphatic hydroxyl groups excluding tert-OH is 2. The summed E-state index contributed by atoms with van der Waals surface area (Å²) < 4.78 is 5.65. The zero-order valence-corrected chi connectivity index (χ0v) is 10.5. The number of nitrogens with zero attached hydrogens (tertiary/aromatic N) is 1. The Kier molecular flexibility index (Phi) is 3.43. The normalized spacial score (nSPS) is 46.5. The molecule has 2 aliphatic heterocycles. The van der Waals surface area contributed by atoms with E-state index in [1.54, 1.807) is 4.90 Å². The molecule has 0 spiro atoms. The quantitative estimate of drug-likeness (QED) is 0.658. The van der Waals surface area contributed by atoms with Crippen molar-refractivity contribution in [2.24, 2.45) is 11.8 Å². The minimum atomic E-state index is -0.815. The van der Waals surface area contributed by atoms with Crippen molar-refractivity contribution >= 4 is 5.91 Å². The van der Waals surface area contributed by atoms with Crippen molar-refractivity contribution in [1.82, 2.24) is 4.90 Å². The first kappa shape index (κ1) is 12.8. The highest BCUT2D eigenvalue weighted by atomic mass is 16.5. The predicted octanol–water partition coefficient (Wildman–Crippen LogP) is -0.390. The number of hydrogen-bond donors (Lipinski definition) is 2. The maximum absolute atomic E-state index is 12.3. The second kappa shape index (κ2) is 4.55. The van der Waals surface area contributed by atoms with Crippen LogP contribution >= 0.6 is 0 Å². The second-order valence-corrected chi connectivity index (χ2v) is 5.31. The standard InChI is InChI=1S/C12H21NO4/c1-6-7(2)17-8(3)11(6)12(16)13-4-9(14)10(15)5-13/h6-11,14-15H,4-5H2,1-3H3/t6?,7?,8?,9-,10+,11?. The lowest BCUT2D eigenvalue weighted by atomic mass is 9.88. The van der Waals surface area contributed by atoms with E-state index in [4.69, 9.17) is 4.74 Å². The minimum absolute atomic E-state index is 0.00931. The molecule has 2 heterocycles. The van der Waals surface area contributed by atoms with E-state index in [1.807, 2.05) is 20.8 Å². The number of amides is 1. The fourth-order valence-corrected chi connectivity index (χ4v) is 2.85. The number of aliphatic hydroxyl groups is 2. The van der Waals surface area contributed by atoms with Crippen LogP contribution in [0.1, 0.15) is 20.8 Å². The number of hydrogen-bond acceptors (Lipinski definition) is 4. The Hall–Kier alpha value is -0.650. The van der Waals surface area contributed by atoms with Gasteiger partial charge in [0.2, 0.25) is 5.91 Å². The molecule has 2 saturated heterocycles. The first-order valence-electron chi connectivity index (χ1n) is 6.22. The molecule has 0 radical (unpaired) electrons. The Morgan fingerprint density at radius 3 is 2.06 bits per heavy atom.